The normalized spacial score (nSPS) is 9.70. The van der Waals surface area contributed by atoms with Crippen LogP contribution in [0.2, 0.25) is 0 Å². The minimum absolute atomic E-state index is 0. The van der Waals surface area contributed by atoms with Crippen LogP contribution in [0.25, 0.3) is 0 Å². The molecule has 13 nitrogen and oxygen atoms in total. The smallest absolute Gasteiger partial charge is 0.311 e. The molecule has 0 atom stereocenters. The van der Waals surface area contributed by atoms with E-state index in [9.17, 15) is 44.2 Å². The summed E-state index contributed by atoms with van der Waals surface area (Å²) in [6, 6.07) is 16.1. The third-order valence-corrected chi connectivity index (χ3v) is 5.97. The van der Waals surface area contributed by atoms with E-state index in [1.807, 2.05) is 25.1 Å². The summed E-state index contributed by atoms with van der Waals surface area (Å²) in [5.41, 5.74) is 0.499. The van der Waals surface area contributed by atoms with Gasteiger partial charge in [-0.15, -0.1) is 0 Å². The Bertz CT molecular complexity index is 1670. The summed E-state index contributed by atoms with van der Waals surface area (Å²) < 4.78 is 42.0. The van der Waals surface area contributed by atoms with Crippen LogP contribution < -0.4 is 14.2 Å². The first kappa shape index (κ1) is 38.2. The molecule has 0 saturated heterocycles. The fraction of sp³-hybridized carbons (Fsp3) is 0.226. The van der Waals surface area contributed by atoms with Crippen LogP contribution in [0.15, 0.2) is 72.8 Å². The highest BCUT2D eigenvalue weighted by Crippen LogP contribution is 2.34. The highest BCUT2D eigenvalue weighted by atomic mass is 19.1. The van der Waals surface area contributed by atoms with Crippen LogP contribution in [-0.2, 0) is 12.8 Å². The Labute approximate surface area is 263 Å². The molecule has 0 aliphatic heterocycles. The van der Waals surface area contributed by atoms with Crippen molar-refractivity contribution in [2.24, 2.45) is 0 Å². The molecule has 0 aliphatic rings. The van der Waals surface area contributed by atoms with Crippen LogP contribution in [0.1, 0.15) is 32.4 Å². The largest absolute Gasteiger partial charge is 0.504 e. The SMILES string of the molecule is C.CCc1ccc(O)c(OC)c1.CCc1ccc(Oc2ccc([N+](=O)[O-])cc2F)c(OC)c1.O=[N+]([O-])c1ccc(F)c([N+](=O)[O-])c1. The fourth-order valence-corrected chi connectivity index (χ4v) is 3.52. The van der Waals surface area contributed by atoms with Crippen molar-refractivity contribution in [3.8, 4) is 28.7 Å². The topological polar surface area (TPSA) is 177 Å². The molecule has 0 aliphatic carbocycles. The molecule has 4 rings (SSSR count). The molecule has 0 spiro atoms. The average Bonchev–Trinajstić information content (AvgIpc) is 3.02. The molecular formula is C31H33F2N3O10. The molecular weight excluding hydrogens is 612 g/mol. The Morgan fingerprint density at radius 2 is 1.13 bits per heavy atom. The third-order valence-electron chi connectivity index (χ3n) is 5.97. The number of aromatic hydroxyl groups is 1. The minimum atomic E-state index is -1.09. The van der Waals surface area contributed by atoms with Crippen LogP contribution in [0.5, 0.6) is 28.7 Å². The van der Waals surface area contributed by atoms with E-state index in [2.05, 4.69) is 6.92 Å². The molecule has 246 valence electrons. The van der Waals surface area contributed by atoms with E-state index in [-0.39, 0.29) is 24.6 Å². The number of rotatable bonds is 9. The number of nitro benzene ring substituents is 3. The van der Waals surface area contributed by atoms with Crippen molar-refractivity contribution in [2.45, 2.75) is 34.1 Å². The van der Waals surface area contributed by atoms with E-state index in [0.29, 0.717) is 29.4 Å². The molecule has 0 amide bonds. The maximum Gasteiger partial charge on any atom is 0.311 e. The van der Waals surface area contributed by atoms with E-state index in [1.54, 1.807) is 25.3 Å². The Kier molecular flexibility index (Phi) is 15.0. The van der Waals surface area contributed by atoms with E-state index in [4.69, 9.17) is 14.2 Å². The summed E-state index contributed by atoms with van der Waals surface area (Å²) in [6.07, 6.45) is 1.79. The summed E-state index contributed by atoms with van der Waals surface area (Å²) in [5.74, 6) is -0.409. The van der Waals surface area contributed by atoms with E-state index in [0.717, 1.165) is 30.5 Å². The van der Waals surface area contributed by atoms with Gasteiger partial charge in [0.15, 0.2) is 34.6 Å². The van der Waals surface area contributed by atoms with Gasteiger partial charge in [-0.2, -0.15) is 4.39 Å². The Hall–Kier alpha value is -5.86. The van der Waals surface area contributed by atoms with Crippen molar-refractivity contribution >= 4 is 17.1 Å². The second-order valence-electron chi connectivity index (χ2n) is 8.82. The Morgan fingerprint density at radius 1 is 0.630 bits per heavy atom. The number of non-ortho nitro benzene ring substituents is 2. The lowest BCUT2D eigenvalue weighted by molar-refractivity contribution is -0.395. The van der Waals surface area contributed by atoms with Crippen molar-refractivity contribution in [2.75, 3.05) is 14.2 Å². The van der Waals surface area contributed by atoms with Gasteiger partial charge in [0.25, 0.3) is 11.4 Å². The number of ether oxygens (including phenoxy) is 3. The second kappa shape index (κ2) is 18.1. The van der Waals surface area contributed by atoms with Crippen LogP contribution in [0.4, 0.5) is 25.8 Å². The van der Waals surface area contributed by atoms with Gasteiger partial charge in [0.1, 0.15) is 0 Å². The molecule has 0 bridgehead atoms. The molecule has 0 aromatic heterocycles. The van der Waals surface area contributed by atoms with Gasteiger partial charge >= 0.3 is 5.69 Å². The molecule has 0 saturated carbocycles. The highest BCUT2D eigenvalue weighted by molar-refractivity contribution is 5.47. The number of phenolic OH excluding ortho intramolecular Hbond substituents is 1. The molecule has 4 aromatic carbocycles. The lowest BCUT2D eigenvalue weighted by Crippen LogP contribution is -1.95. The summed E-state index contributed by atoms with van der Waals surface area (Å²) in [7, 11) is 3.04. The summed E-state index contributed by atoms with van der Waals surface area (Å²) in [5, 5.41) is 40.1. The van der Waals surface area contributed by atoms with Crippen molar-refractivity contribution in [1.82, 2.24) is 0 Å². The number of benzene rings is 4. The van der Waals surface area contributed by atoms with E-state index < -0.39 is 37.8 Å². The van der Waals surface area contributed by atoms with Gasteiger partial charge in [0.2, 0.25) is 5.82 Å². The first-order chi connectivity index (χ1) is 21.3. The molecule has 15 heteroatoms. The average molecular weight is 646 g/mol. The van der Waals surface area contributed by atoms with Crippen molar-refractivity contribution in [3.63, 3.8) is 0 Å². The molecule has 0 radical (unpaired) electrons. The number of halogens is 2. The standard InChI is InChI=1S/C15H14FNO4.C9H12O2.C6H3FN2O4.CH4/c1-3-10-4-6-14(15(8-10)20-2)21-13-7-5-11(17(18)19)9-12(13)16;1-3-7-4-5-8(10)9(6-7)11-2;7-5-2-1-4(8(10)11)3-6(5)9(12)13;/h4-9H,3H2,1-2H3;4-6,10H,3H2,1-2H3;1-3H;1H4. The predicted molar refractivity (Wildman–Crippen MR) is 166 cm³/mol. The number of aryl methyl sites for hydroxylation is 2. The highest BCUT2D eigenvalue weighted by Gasteiger charge is 2.19. The predicted octanol–water partition coefficient (Wildman–Crippen LogP) is 8.34. The van der Waals surface area contributed by atoms with Crippen LogP contribution in [-0.4, -0.2) is 34.1 Å². The molecule has 0 fully saturated rings. The van der Waals surface area contributed by atoms with Gasteiger partial charge in [0, 0.05) is 12.1 Å². The number of phenols is 1. The number of hydrogen-bond donors (Lipinski definition) is 1. The number of nitrogens with zero attached hydrogens (tertiary/aromatic N) is 3. The molecule has 4 aromatic rings. The summed E-state index contributed by atoms with van der Waals surface area (Å²) in [6.45, 7) is 4.07. The summed E-state index contributed by atoms with van der Waals surface area (Å²) >= 11 is 0. The lowest BCUT2D eigenvalue weighted by atomic mass is 10.1. The first-order valence-corrected chi connectivity index (χ1v) is 13.1. The zero-order valence-corrected chi connectivity index (χ0v) is 24.6. The lowest BCUT2D eigenvalue weighted by Gasteiger charge is -2.12. The van der Waals surface area contributed by atoms with Gasteiger partial charge < -0.3 is 19.3 Å². The fourth-order valence-electron chi connectivity index (χ4n) is 3.52. The second-order valence-corrected chi connectivity index (χ2v) is 8.82. The molecule has 1 N–H and O–H groups in total. The van der Waals surface area contributed by atoms with Crippen LogP contribution >= 0.6 is 0 Å². The Morgan fingerprint density at radius 3 is 1.63 bits per heavy atom. The van der Waals surface area contributed by atoms with Crippen LogP contribution in [0, 0.1) is 42.0 Å². The van der Waals surface area contributed by atoms with Gasteiger partial charge in [-0.3, -0.25) is 30.3 Å². The quantitative estimate of drug-likeness (QED) is 0.137. The zero-order chi connectivity index (χ0) is 33.7. The minimum Gasteiger partial charge on any atom is -0.504 e. The third kappa shape index (κ3) is 10.7. The van der Waals surface area contributed by atoms with Gasteiger partial charge in [-0.25, -0.2) is 4.39 Å². The van der Waals surface area contributed by atoms with Crippen molar-refractivity contribution in [3.05, 3.63) is 126 Å². The van der Waals surface area contributed by atoms with E-state index in [1.165, 1.54) is 24.8 Å². The first-order valence-electron chi connectivity index (χ1n) is 13.1. The number of hydrogen-bond acceptors (Lipinski definition) is 10. The van der Waals surface area contributed by atoms with Crippen molar-refractivity contribution < 1.29 is 42.9 Å². The zero-order valence-electron chi connectivity index (χ0n) is 24.6. The van der Waals surface area contributed by atoms with E-state index >= 15 is 0 Å². The Balaban J connectivity index is 0.000000365. The number of methoxy groups -OCH3 is 2. The monoisotopic (exact) mass is 645 g/mol. The van der Waals surface area contributed by atoms with Gasteiger partial charge in [0.05, 0.1) is 41.1 Å². The van der Waals surface area contributed by atoms with Crippen LogP contribution in [0.3, 0.4) is 0 Å². The van der Waals surface area contributed by atoms with Gasteiger partial charge in [-0.1, -0.05) is 33.4 Å². The molecule has 0 heterocycles. The molecule has 46 heavy (non-hydrogen) atoms. The number of nitro groups is 3. The van der Waals surface area contributed by atoms with Gasteiger partial charge in [-0.05, 0) is 60.4 Å². The molecule has 0 unspecified atom stereocenters. The maximum atomic E-state index is 13.8. The maximum absolute atomic E-state index is 13.8. The van der Waals surface area contributed by atoms with Crippen molar-refractivity contribution in [1.29, 1.82) is 0 Å². The summed E-state index contributed by atoms with van der Waals surface area (Å²) in [4.78, 5) is 28.4.